The Bertz CT molecular complexity index is 2600. The number of hydrogen-bond donors (Lipinski definition) is 3. The summed E-state index contributed by atoms with van der Waals surface area (Å²) >= 11 is 12.6. The van der Waals surface area contributed by atoms with Gasteiger partial charge in [-0.3, -0.25) is 14.8 Å². The molecule has 62 heavy (non-hydrogen) atoms. The number of amides is 1. The molecule has 0 spiro atoms. The van der Waals surface area contributed by atoms with Gasteiger partial charge in [0, 0.05) is 62.3 Å². The summed E-state index contributed by atoms with van der Waals surface area (Å²) in [6, 6.07) is 19.6. The summed E-state index contributed by atoms with van der Waals surface area (Å²) in [5, 5.41) is 18.9. The second-order valence-electron chi connectivity index (χ2n) is 17.3. The van der Waals surface area contributed by atoms with E-state index < -0.39 is 45.2 Å². The van der Waals surface area contributed by atoms with Crippen molar-refractivity contribution < 1.29 is 36.6 Å². The van der Waals surface area contributed by atoms with Gasteiger partial charge in [-0.1, -0.05) is 60.8 Å². The summed E-state index contributed by atoms with van der Waals surface area (Å²) < 4.78 is 68.5. The van der Waals surface area contributed by atoms with Gasteiger partial charge >= 0.3 is 0 Å². The monoisotopic (exact) mass is 908 g/mol. The number of carbonyl (C=O) groups is 1. The Balaban J connectivity index is 0.984. The molecule has 17 heteroatoms. The predicted octanol–water partition coefficient (Wildman–Crippen LogP) is 9.28. The van der Waals surface area contributed by atoms with E-state index in [1.54, 1.807) is 36.5 Å². The Kier molecular flexibility index (Phi) is 12.3. The molecule has 3 aliphatic rings. The van der Waals surface area contributed by atoms with Crippen molar-refractivity contribution in [2.75, 3.05) is 44.2 Å². The van der Waals surface area contributed by atoms with Crippen molar-refractivity contribution in [1.29, 1.82) is 0 Å². The molecule has 3 heterocycles. The molecule has 2 aromatic heterocycles. The van der Waals surface area contributed by atoms with Crippen LogP contribution in [0.25, 0.3) is 16.5 Å². The minimum Gasteiger partial charge on any atom is -0.474 e. The van der Waals surface area contributed by atoms with E-state index in [2.05, 4.69) is 55.7 Å². The lowest BCUT2D eigenvalue weighted by molar-refractivity contribution is -0.116. The third-order valence-corrected chi connectivity index (χ3v) is 13.9. The number of aliphatic hydroxyl groups is 1. The summed E-state index contributed by atoms with van der Waals surface area (Å²) in [6.45, 7) is 8.23. The van der Waals surface area contributed by atoms with Crippen molar-refractivity contribution >= 4 is 61.3 Å². The van der Waals surface area contributed by atoms with Gasteiger partial charge in [0.15, 0.2) is 0 Å². The number of halogens is 4. The maximum absolute atomic E-state index is 13.9. The number of benzene rings is 3. The van der Waals surface area contributed by atoms with Crippen LogP contribution in [0.4, 0.5) is 14.5 Å². The molecule has 12 nitrogen and oxygen atoms in total. The first-order valence-electron chi connectivity index (χ1n) is 20.6. The largest absolute Gasteiger partial charge is 0.474 e. The molecule has 2 aliphatic carbocycles. The fourth-order valence-electron chi connectivity index (χ4n) is 8.35. The van der Waals surface area contributed by atoms with Gasteiger partial charge in [-0.05, 0) is 91.1 Å². The van der Waals surface area contributed by atoms with Gasteiger partial charge in [-0.25, -0.2) is 26.9 Å². The third kappa shape index (κ3) is 10.0. The van der Waals surface area contributed by atoms with Crippen LogP contribution in [-0.4, -0.2) is 90.4 Å². The number of nitrogens with one attached hydrogen (secondary N) is 2. The van der Waals surface area contributed by atoms with Crippen molar-refractivity contribution in [3.63, 3.8) is 0 Å². The molecule has 0 bridgehead atoms. The topological polar surface area (TPSA) is 150 Å². The van der Waals surface area contributed by atoms with Gasteiger partial charge < -0.3 is 19.5 Å². The first kappa shape index (κ1) is 43.8. The summed E-state index contributed by atoms with van der Waals surface area (Å²) in [4.78, 5) is 22.2. The molecular weight excluding hydrogens is 861 g/mol. The average molecular weight is 910 g/mol. The number of carbonyl (C=O) groups excluding carboxylic acids is 1. The highest BCUT2D eigenvalue weighted by atomic mass is 35.5. The fraction of sp³-hybridized carbons (Fsp3) is 0.400. The average Bonchev–Trinajstić information content (AvgIpc) is 3.73. The molecule has 1 saturated heterocycles. The van der Waals surface area contributed by atoms with Crippen LogP contribution < -0.4 is 19.1 Å². The predicted molar refractivity (Wildman–Crippen MR) is 235 cm³/mol. The highest BCUT2D eigenvalue weighted by molar-refractivity contribution is 7.90. The summed E-state index contributed by atoms with van der Waals surface area (Å²) in [5.41, 5.74) is 4.27. The Hall–Kier alpha value is -4.80. The molecule has 0 radical (unpaired) electrons. The molecule has 328 valence electrons. The number of rotatable bonds is 12. The van der Waals surface area contributed by atoms with Crippen LogP contribution in [0, 0.1) is 5.41 Å². The van der Waals surface area contributed by atoms with Crippen molar-refractivity contribution in [2.24, 2.45) is 5.41 Å². The quantitative estimate of drug-likeness (QED) is 0.111. The molecule has 1 saturated carbocycles. The van der Waals surface area contributed by atoms with Gasteiger partial charge in [0.1, 0.15) is 28.0 Å². The van der Waals surface area contributed by atoms with Crippen LogP contribution in [0.5, 0.6) is 17.4 Å². The number of anilines is 1. The second-order valence-corrected chi connectivity index (χ2v) is 19.9. The van der Waals surface area contributed by atoms with Gasteiger partial charge in [-0.2, -0.15) is 5.10 Å². The van der Waals surface area contributed by atoms with Gasteiger partial charge in [0.2, 0.25) is 11.8 Å². The number of nitrogens with zero attached hydrogens (tertiary/aromatic N) is 4. The minimum absolute atomic E-state index is 0.0383. The molecule has 0 unspecified atom stereocenters. The molecule has 5 aromatic rings. The van der Waals surface area contributed by atoms with Gasteiger partial charge in [0.05, 0.1) is 34.5 Å². The lowest BCUT2D eigenvalue weighted by atomic mass is 9.72. The number of hydrogen-bond acceptors (Lipinski definition) is 10. The number of piperazine rings is 1. The van der Waals surface area contributed by atoms with Crippen LogP contribution in [-0.2, 0) is 10.0 Å². The molecule has 8 rings (SSSR count). The first-order valence-corrected chi connectivity index (χ1v) is 22.8. The van der Waals surface area contributed by atoms with E-state index in [-0.39, 0.29) is 47.1 Å². The van der Waals surface area contributed by atoms with Crippen LogP contribution in [0.1, 0.15) is 74.7 Å². The Morgan fingerprint density at radius 1 is 0.935 bits per heavy atom. The molecule has 1 amide bonds. The lowest BCUT2D eigenvalue weighted by Gasteiger charge is -2.39. The van der Waals surface area contributed by atoms with E-state index in [1.807, 2.05) is 18.2 Å². The summed E-state index contributed by atoms with van der Waals surface area (Å²) in [6.07, 6.45) is 4.41. The van der Waals surface area contributed by atoms with Crippen molar-refractivity contribution in [1.82, 2.24) is 24.8 Å². The normalized spacial score (nSPS) is 19.0. The van der Waals surface area contributed by atoms with E-state index in [9.17, 15) is 27.1 Å². The van der Waals surface area contributed by atoms with Crippen LogP contribution in [0.3, 0.4) is 0 Å². The van der Waals surface area contributed by atoms with Crippen LogP contribution in [0.15, 0.2) is 89.6 Å². The standard InChI is InChI=1S/C45H48Cl2F2N6O6S/c1-43(2)13-12-30(35(24-43)29-6-8-31(46)9-7-29)27-54-18-20-55(21-19-54)32-10-11-34(40(22-32)61-39-5-3-4-38-36(39)26-51-52-38)41(56)53-62(58,59)33-23-37(47)42(50-25-33)60-28-44(57)14-16-45(48,49)17-15-44/h3-11,22-23,25-26,57H,12-21,24,27-28H2,1-2H3,(H,51,52)(H,53,56). The van der Waals surface area contributed by atoms with E-state index in [1.165, 1.54) is 16.7 Å². The van der Waals surface area contributed by atoms with Crippen molar-refractivity contribution in [2.45, 2.75) is 75.2 Å². The second kappa shape index (κ2) is 17.4. The zero-order valence-electron chi connectivity index (χ0n) is 34.4. The number of sulfonamides is 1. The Morgan fingerprint density at radius 2 is 1.68 bits per heavy atom. The fourth-order valence-corrected chi connectivity index (χ4v) is 9.70. The number of pyridine rings is 1. The smallest absolute Gasteiger partial charge is 0.268 e. The third-order valence-electron chi connectivity index (χ3n) is 12.1. The molecule has 3 N–H and O–H groups in total. The van der Waals surface area contributed by atoms with Crippen molar-refractivity contribution in [3.05, 3.63) is 106 Å². The van der Waals surface area contributed by atoms with Crippen LogP contribution in [0.2, 0.25) is 10.0 Å². The molecule has 3 aromatic carbocycles. The van der Waals surface area contributed by atoms with E-state index in [0.717, 1.165) is 61.9 Å². The van der Waals surface area contributed by atoms with E-state index >= 15 is 0 Å². The number of ether oxygens (including phenoxy) is 2. The lowest BCUT2D eigenvalue weighted by Crippen LogP contribution is -2.47. The number of alkyl halides is 2. The maximum atomic E-state index is 13.9. The molecule has 0 atom stereocenters. The SMILES string of the molecule is CC1(C)CCC(CN2CCN(c3ccc(C(=O)NS(=O)(=O)c4cnc(OCC5(O)CCC(F)(F)CC5)c(Cl)c4)c(Oc4cccc5[nH]ncc45)c3)CC2)=C(c2ccc(Cl)cc2)C1. The zero-order chi connectivity index (χ0) is 43.9. The minimum atomic E-state index is -4.53. The number of fused-ring (bicyclic) bond motifs is 1. The first-order chi connectivity index (χ1) is 29.4. The number of aromatic nitrogens is 3. The highest BCUT2D eigenvalue weighted by Gasteiger charge is 2.43. The highest BCUT2D eigenvalue weighted by Crippen LogP contribution is 2.44. The van der Waals surface area contributed by atoms with Crippen molar-refractivity contribution in [3.8, 4) is 17.4 Å². The summed E-state index contributed by atoms with van der Waals surface area (Å²) in [5.74, 6) is -3.46. The van der Waals surface area contributed by atoms with Crippen LogP contribution >= 0.6 is 23.2 Å². The Morgan fingerprint density at radius 3 is 2.40 bits per heavy atom. The number of H-pyrrole nitrogens is 1. The zero-order valence-corrected chi connectivity index (χ0v) is 36.7. The molecule has 1 aliphatic heterocycles. The number of aromatic amines is 1. The number of allylic oxidation sites excluding steroid dienone is 1. The Labute approximate surface area is 369 Å². The van der Waals surface area contributed by atoms with Gasteiger partial charge in [0.25, 0.3) is 15.9 Å². The van der Waals surface area contributed by atoms with E-state index in [0.29, 0.717) is 29.7 Å². The maximum Gasteiger partial charge on any atom is 0.268 e. The summed E-state index contributed by atoms with van der Waals surface area (Å²) in [7, 11) is -4.53. The van der Waals surface area contributed by atoms with Gasteiger partial charge in [-0.15, -0.1) is 0 Å². The molecular formula is C45H48Cl2F2N6O6S. The van der Waals surface area contributed by atoms with E-state index in [4.69, 9.17) is 32.7 Å². The molecule has 2 fully saturated rings.